The number of aryl methyl sites for hydroxylation is 1. The van der Waals surface area contributed by atoms with Gasteiger partial charge in [-0.1, -0.05) is 13.8 Å². The molecule has 0 amide bonds. The molecular formula is C14H22N2O. The van der Waals surface area contributed by atoms with Crippen molar-refractivity contribution in [2.75, 3.05) is 12.4 Å². The minimum atomic E-state index is 0.465. The Bertz CT molecular complexity index is 401. The van der Waals surface area contributed by atoms with Crippen LogP contribution in [0.25, 0.3) is 0 Å². The Balaban J connectivity index is 2.11. The number of anilines is 1. The number of nitrogens with one attached hydrogen (secondary N) is 1. The second-order valence-corrected chi connectivity index (χ2v) is 5.77. The number of methoxy groups -OCH3 is 1. The van der Waals surface area contributed by atoms with E-state index in [1.165, 1.54) is 19.3 Å². The Hall–Kier alpha value is -1.25. The SMILES string of the molecule is COc1cnc(C)cc1NC1CCC(C)(C)C1. The Morgan fingerprint density at radius 1 is 1.47 bits per heavy atom. The molecule has 0 saturated heterocycles. The average molecular weight is 234 g/mol. The third-order valence-corrected chi connectivity index (χ3v) is 3.55. The molecule has 17 heavy (non-hydrogen) atoms. The molecule has 94 valence electrons. The first-order valence-electron chi connectivity index (χ1n) is 6.27. The number of rotatable bonds is 3. The van der Waals surface area contributed by atoms with Crippen LogP contribution in [0, 0.1) is 12.3 Å². The maximum absolute atomic E-state index is 5.34. The molecule has 1 aromatic heterocycles. The van der Waals surface area contributed by atoms with Crippen LogP contribution in [0.2, 0.25) is 0 Å². The van der Waals surface area contributed by atoms with Gasteiger partial charge in [0, 0.05) is 11.7 Å². The van der Waals surface area contributed by atoms with Gasteiger partial charge in [-0.2, -0.15) is 0 Å². The van der Waals surface area contributed by atoms with E-state index in [4.69, 9.17) is 4.74 Å². The molecule has 1 fully saturated rings. The van der Waals surface area contributed by atoms with Crippen molar-refractivity contribution in [2.45, 2.75) is 46.1 Å². The maximum atomic E-state index is 5.34. The van der Waals surface area contributed by atoms with Gasteiger partial charge < -0.3 is 10.1 Å². The summed E-state index contributed by atoms with van der Waals surface area (Å²) >= 11 is 0. The quantitative estimate of drug-likeness (QED) is 0.870. The number of hydrogen-bond donors (Lipinski definition) is 1. The van der Waals surface area contributed by atoms with Gasteiger partial charge in [0.05, 0.1) is 19.0 Å². The Kier molecular flexibility index (Phi) is 3.27. The normalized spacial score (nSPS) is 22.5. The summed E-state index contributed by atoms with van der Waals surface area (Å²) in [7, 11) is 1.69. The third-order valence-electron chi connectivity index (χ3n) is 3.55. The summed E-state index contributed by atoms with van der Waals surface area (Å²) in [6.45, 7) is 6.68. The van der Waals surface area contributed by atoms with Crippen molar-refractivity contribution in [2.24, 2.45) is 5.41 Å². The van der Waals surface area contributed by atoms with Crippen molar-refractivity contribution in [1.29, 1.82) is 0 Å². The maximum Gasteiger partial charge on any atom is 0.160 e. The lowest BCUT2D eigenvalue weighted by atomic mass is 9.92. The van der Waals surface area contributed by atoms with Crippen molar-refractivity contribution < 1.29 is 4.74 Å². The largest absolute Gasteiger partial charge is 0.493 e. The van der Waals surface area contributed by atoms with Gasteiger partial charge in [-0.05, 0) is 37.7 Å². The van der Waals surface area contributed by atoms with Gasteiger partial charge in [-0.15, -0.1) is 0 Å². The lowest BCUT2D eigenvalue weighted by Gasteiger charge is -2.20. The number of aromatic nitrogens is 1. The van der Waals surface area contributed by atoms with Crippen LogP contribution < -0.4 is 10.1 Å². The first-order chi connectivity index (χ1) is 8.00. The van der Waals surface area contributed by atoms with Crippen molar-refractivity contribution in [3.63, 3.8) is 0 Å². The van der Waals surface area contributed by atoms with Crippen LogP contribution in [0.4, 0.5) is 5.69 Å². The van der Waals surface area contributed by atoms with E-state index in [1.807, 2.05) is 6.92 Å². The molecule has 3 heteroatoms. The summed E-state index contributed by atoms with van der Waals surface area (Å²) in [6, 6.07) is 2.62. The summed E-state index contributed by atoms with van der Waals surface area (Å²) in [5, 5.41) is 3.59. The molecule has 0 radical (unpaired) electrons. The molecular weight excluding hydrogens is 212 g/mol. The highest BCUT2D eigenvalue weighted by Crippen LogP contribution is 2.39. The van der Waals surface area contributed by atoms with Gasteiger partial charge >= 0.3 is 0 Å². The number of nitrogens with zero attached hydrogens (tertiary/aromatic N) is 1. The average Bonchev–Trinajstić information content (AvgIpc) is 2.58. The van der Waals surface area contributed by atoms with Gasteiger partial charge in [0.2, 0.25) is 0 Å². The van der Waals surface area contributed by atoms with Crippen molar-refractivity contribution in [3.8, 4) is 5.75 Å². The second-order valence-electron chi connectivity index (χ2n) is 5.77. The highest BCUT2D eigenvalue weighted by molar-refractivity contribution is 5.56. The zero-order chi connectivity index (χ0) is 12.5. The molecule has 1 aliphatic rings. The smallest absolute Gasteiger partial charge is 0.160 e. The van der Waals surface area contributed by atoms with Crippen LogP contribution >= 0.6 is 0 Å². The molecule has 0 spiro atoms. The summed E-state index contributed by atoms with van der Waals surface area (Å²) in [5.74, 6) is 0.834. The lowest BCUT2D eigenvalue weighted by molar-refractivity contribution is 0.378. The molecule has 1 heterocycles. The van der Waals surface area contributed by atoms with E-state index < -0.39 is 0 Å². The van der Waals surface area contributed by atoms with Crippen LogP contribution in [-0.4, -0.2) is 18.1 Å². The van der Waals surface area contributed by atoms with E-state index in [9.17, 15) is 0 Å². The number of ether oxygens (including phenoxy) is 1. The van der Waals surface area contributed by atoms with E-state index in [1.54, 1.807) is 13.3 Å². The molecule has 1 saturated carbocycles. The molecule has 2 rings (SSSR count). The van der Waals surface area contributed by atoms with Crippen LogP contribution in [0.5, 0.6) is 5.75 Å². The van der Waals surface area contributed by atoms with Crippen LogP contribution in [0.1, 0.15) is 38.8 Å². The molecule has 1 aliphatic carbocycles. The molecule has 0 bridgehead atoms. The molecule has 1 aromatic rings. The Labute approximate surface area is 104 Å². The van der Waals surface area contributed by atoms with Crippen LogP contribution in [0.15, 0.2) is 12.3 Å². The van der Waals surface area contributed by atoms with Crippen LogP contribution in [0.3, 0.4) is 0 Å². The van der Waals surface area contributed by atoms with E-state index in [-0.39, 0.29) is 0 Å². The summed E-state index contributed by atoms with van der Waals surface area (Å²) < 4.78 is 5.34. The molecule has 3 nitrogen and oxygen atoms in total. The van der Waals surface area contributed by atoms with Gasteiger partial charge in [-0.25, -0.2) is 0 Å². The Morgan fingerprint density at radius 3 is 2.82 bits per heavy atom. The summed E-state index contributed by atoms with van der Waals surface area (Å²) in [4.78, 5) is 4.25. The first-order valence-corrected chi connectivity index (χ1v) is 6.27. The lowest BCUT2D eigenvalue weighted by Crippen LogP contribution is -2.18. The fraction of sp³-hybridized carbons (Fsp3) is 0.643. The van der Waals surface area contributed by atoms with Crippen molar-refractivity contribution in [3.05, 3.63) is 18.0 Å². The van der Waals surface area contributed by atoms with Gasteiger partial charge in [0.1, 0.15) is 0 Å². The predicted molar refractivity (Wildman–Crippen MR) is 70.6 cm³/mol. The highest BCUT2D eigenvalue weighted by Gasteiger charge is 2.31. The first kappa shape index (κ1) is 12.2. The third kappa shape index (κ3) is 2.90. The highest BCUT2D eigenvalue weighted by atomic mass is 16.5. The molecule has 0 aromatic carbocycles. The molecule has 1 unspecified atom stereocenters. The van der Waals surface area contributed by atoms with E-state index in [0.717, 1.165) is 17.1 Å². The minimum absolute atomic E-state index is 0.465. The van der Waals surface area contributed by atoms with E-state index in [2.05, 4.69) is 30.2 Å². The zero-order valence-corrected chi connectivity index (χ0v) is 11.2. The molecule has 1 atom stereocenters. The standard InChI is InChI=1S/C14H22N2O/c1-10-7-12(13(17-4)9-15-10)16-11-5-6-14(2,3)8-11/h7,9,11H,5-6,8H2,1-4H3,(H,15,16). The van der Waals surface area contributed by atoms with Crippen molar-refractivity contribution >= 4 is 5.69 Å². The zero-order valence-electron chi connectivity index (χ0n) is 11.2. The fourth-order valence-corrected chi connectivity index (χ4v) is 2.60. The van der Waals surface area contributed by atoms with Gasteiger partial charge in [0.25, 0.3) is 0 Å². The topological polar surface area (TPSA) is 34.1 Å². The summed E-state index contributed by atoms with van der Waals surface area (Å²) in [6.07, 6.45) is 5.53. The Morgan fingerprint density at radius 2 is 2.24 bits per heavy atom. The monoisotopic (exact) mass is 234 g/mol. The number of hydrogen-bond acceptors (Lipinski definition) is 3. The van der Waals surface area contributed by atoms with Gasteiger partial charge in [0.15, 0.2) is 5.75 Å². The molecule has 1 N–H and O–H groups in total. The van der Waals surface area contributed by atoms with Gasteiger partial charge in [-0.3, -0.25) is 4.98 Å². The van der Waals surface area contributed by atoms with E-state index >= 15 is 0 Å². The predicted octanol–water partition coefficient (Wildman–Crippen LogP) is 3.39. The number of pyridine rings is 1. The fourth-order valence-electron chi connectivity index (χ4n) is 2.60. The second kappa shape index (κ2) is 4.55. The van der Waals surface area contributed by atoms with E-state index in [0.29, 0.717) is 11.5 Å². The molecule has 0 aliphatic heterocycles. The van der Waals surface area contributed by atoms with Crippen LogP contribution in [-0.2, 0) is 0 Å². The summed E-state index contributed by atoms with van der Waals surface area (Å²) in [5.41, 5.74) is 2.56. The minimum Gasteiger partial charge on any atom is -0.493 e. The van der Waals surface area contributed by atoms with Crippen molar-refractivity contribution in [1.82, 2.24) is 4.98 Å².